The van der Waals surface area contributed by atoms with Crippen LogP contribution >= 0.6 is 0 Å². The van der Waals surface area contributed by atoms with Crippen molar-refractivity contribution in [2.75, 3.05) is 0 Å². The van der Waals surface area contributed by atoms with Crippen molar-refractivity contribution in [3.63, 3.8) is 0 Å². The first kappa shape index (κ1) is 10.4. The molecule has 0 spiro atoms. The smallest absolute Gasteiger partial charge is 0.339 e. The molecule has 1 aliphatic heterocycles. The van der Waals surface area contributed by atoms with E-state index in [0.717, 1.165) is 28.7 Å². The van der Waals surface area contributed by atoms with Crippen LogP contribution in [0.15, 0.2) is 21.3 Å². The van der Waals surface area contributed by atoms with Crippen LogP contribution in [0, 0.1) is 13.8 Å². The lowest BCUT2D eigenvalue weighted by Crippen LogP contribution is -2.07. The summed E-state index contributed by atoms with van der Waals surface area (Å²) in [6.45, 7) is 5.78. The van der Waals surface area contributed by atoms with Gasteiger partial charge in [-0.2, -0.15) is 0 Å². The average molecular weight is 230 g/mol. The van der Waals surface area contributed by atoms with Crippen LogP contribution in [0.25, 0.3) is 11.0 Å². The van der Waals surface area contributed by atoms with Gasteiger partial charge in [0.2, 0.25) is 0 Å². The lowest BCUT2D eigenvalue weighted by molar-refractivity contribution is 0.254. The maximum absolute atomic E-state index is 11.7. The molecule has 0 bridgehead atoms. The topological polar surface area (TPSA) is 39.4 Å². The summed E-state index contributed by atoms with van der Waals surface area (Å²) in [6, 6.07) is 3.94. The van der Waals surface area contributed by atoms with Crippen molar-refractivity contribution >= 4 is 11.0 Å². The highest BCUT2D eigenvalue weighted by molar-refractivity contribution is 5.86. The molecule has 0 saturated heterocycles. The second-order valence-electron chi connectivity index (χ2n) is 4.69. The summed E-state index contributed by atoms with van der Waals surface area (Å²) in [5.74, 6) is 0.844. The van der Waals surface area contributed by atoms with Crippen molar-refractivity contribution < 1.29 is 9.15 Å². The van der Waals surface area contributed by atoms with E-state index in [4.69, 9.17) is 9.15 Å². The van der Waals surface area contributed by atoms with Gasteiger partial charge in [-0.05, 0) is 38.5 Å². The molecule has 1 atom stereocenters. The molecular weight excluding hydrogens is 216 g/mol. The number of hydrogen-bond donors (Lipinski definition) is 0. The molecule has 0 amide bonds. The van der Waals surface area contributed by atoms with E-state index in [1.54, 1.807) is 6.92 Å². The SMILES string of the molecule is Cc1c(C)c2ccc3c(c2oc1=O)C[C@@H](C)O3. The first-order chi connectivity index (χ1) is 8.08. The number of ether oxygens (including phenoxy) is 1. The molecule has 0 aliphatic carbocycles. The van der Waals surface area contributed by atoms with Crippen molar-refractivity contribution in [2.24, 2.45) is 0 Å². The van der Waals surface area contributed by atoms with Crippen LogP contribution < -0.4 is 10.4 Å². The zero-order valence-corrected chi connectivity index (χ0v) is 10.2. The lowest BCUT2D eigenvalue weighted by atomic mass is 10.0. The van der Waals surface area contributed by atoms with Crippen LogP contribution in [0.2, 0.25) is 0 Å². The fourth-order valence-corrected chi connectivity index (χ4v) is 2.40. The summed E-state index contributed by atoms with van der Waals surface area (Å²) >= 11 is 0. The Kier molecular flexibility index (Phi) is 2.05. The molecule has 2 heterocycles. The second-order valence-corrected chi connectivity index (χ2v) is 4.69. The van der Waals surface area contributed by atoms with Gasteiger partial charge in [0, 0.05) is 22.9 Å². The molecule has 88 valence electrons. The molecule has 0 fully saturated rings. The average Bonchev–Trinajstić information content (AvgIpc) is 2.67. The van der Waals surface area contributed by atoms with Crippen molar-refractivity contribution in [2.45, 2.75) is 33.3 Å². The minimum absolute atomic E-state index is 0.155. The number of benzene rings is 1. The Morgan fingerprint density at radius 3 is 2.76 bits per heavy atom. The maximum Gasteiger partial charge on any atom is 0.339 e. The monoisotopic (exact) mass is 230 g/mol. The van der Waals surface area contributed by atoms with E-state index < -0.39 is 0 Å². The number of fused-ring (bicyclic) bond motifs is 3. The molecule has 3 nitrogen and oxygen atoms in total. The Balaban J connectivity index is 2.43. The van der Waals surface area contributed by atoms with Gasteiger partial charge in [-0.15, -0.1) is 0 Å². The van der Waals surface area contributed by atoms with E-state index in [1.807, 2.05) is 26.0 Å². The zero-order valence-electron chi connectivity index (χ0n) is 10.2. The quantitative estimate of drug-likeness (QED) is 0.653. The standard InChI is InChI=1S/C14H14O3/c1-7-6-11-12(16-7)5-4-10-8(2)9(3)14(15)17-13(10)11/h4-5,7H,6H2,1-3H3/t7-/m1/s1. The van der Waals surface area contributed by atoms with Crippen LogP contribution in [0.1, 0.15) is 23.6 Å². The Labute approximate surface area is 99.0 Å². The van der Waals surface area contributed by atoms with Crippen LogP contribution in [0.4, 0.5) is 0 Å². The van der Waals surface area contributed by atoms with Crippen molar-refractivity contribution in [3.05, 3.63) is 39.2 Å². The maximum atomic E-state index is 11.7. The molecule has 2 aromatic rings. The van der Waals surface area contributed by atoms with Gasteiger partial charge in [0.15, 0.2) is 0 Å². The highest BCUT2D eigenvalue weighted by atomic mass is 16.5. The van der Waals surface area contributed by atoms with Crippen LogP contribution in [0.3, 0.4) is 0 Å². The van der Waals surface area contributed by atoms with Crippen molar-refractivity contribution in [3.8, 4) is 5.75 Å². The third-order valence-corrected chi connectivity index (χ3v) is 3.50. The van der Waals surface area contributed by atoms with Gasteiger partial charge in [0.1, 0.15) is 17.4 Å². The molecule has 0 saturated carbocycles. The van der Waals surface area contributed by atoms with E-state index in [-0.39, 0.29) is 11.7 Å². The molecular formula is C14H14O3. The molecule has 0 N–H and O–H groups in total. The van der Waals surface area contributed by atoms with Crippen LogP contribution in [0.5, 0.6) is 5.75 Å². The number of rotatable bonds is 0. The van der Waals surface area contributed by atoms with E-state index in [1.165, 1.54) is 0 Å². The highest BCUT2D eigenvalue weighted by Crippen LogP contribution is 2.35. The van der Waals surface area contributed by atoms with Crippen molar-refractivity contribution in [1.29, 1.82) is 0 Å². The largest absolute Gasteiger partial charge is 0.490 e. The van der Waals surface area contributed by atoms with Gasteiger partial charge in [-0.1, -0.05) is 0 Å². The van der Waals surface area contributed by atoms with Crippen LogP contribution in [-0.2, 0) is 6.42 Å². The van der Waals surface area contributed by atoms with Crippen LogP contribution in [-0.4, -0.2) is 6.10 Å². The fourth-order valence-electron chi connectivity index (χ4n) is 2.40. The summed E-state index contributed by atoms with van der Waals surface area (Å²) in [5, 5.41) is 1.01. The van der Waals surface area contributed by atoms with Gasteiger partial charge in [0.05, 0.1) is 0 Å². The molecule has 17 heavy (non-hydrogen) atoms. The molecule has 1 aromatic heterocycles. The van der Waals surface area contributed by atoms with Gasteiger partial charge in [-0.25, -0.2) is 4.79 Å². The fraction of sp³-hybridized carbons (Fsp3) is 0.357. The van der Waals surface area contributed by atoms with E-state index in [2.05, 4.69) is 0 Å². The summed E-state index contributed by atoms with van der Waals surface area (Å²) < 4.78 is 11.1. The first-order valence-electron chi connectivity index (χ1n) is 5.80. The van der Waals surface area contributed by atoms with Gasteiger partial charge in [0.25, 0.3) is 0 Å². The van der Waals surface area contributed by atoms with Gasteiger partial charge in [-0.3, -0.25) is 0 Å². The summed E-state index contributed by atoms with van der Waals surface area (Å²) in [6.07, 6.45) is 0.959. The zero-order chi connectivity index (χ0) is 12.2. The minimum Gasteiger partial charge on any atom is -0.490 e. The normalized spacial score (nSPS) is 18.2. The Morgan fingerprint density at radius 2 is 2.00 bits per heavy atom. The molecule has 0 unspecified atom stereocenters. The Bertz CT molecular complexity index is 667. The molecule has 3 rings (SSSR count). The third kappa shape index (κ3) is 1.38. The summed E-state index contributed by atoms with van der Waals surface area (Å²) in [5.41, 5.74) is 3.15. The lowest BCUT2D eigenvalue weighted by Gasteiger charge is -2.06. The number of aryl methyl sites for hydroxylation is 1. The van der Waals surface area contributed by atoms with Gasteiger partial charge < -0.3 is 9.15 Å². The van der Waals surface area contributed by atoms with E-state index >= 15 is 0 Å². The van der Waals surface area contributed by atoms with E-state index in [9.17, 15) is 4.79 Å². The second kappa shape index (κ2) is 3.36. The molecule has 1 aliphatic rings. The molecule has 1 aromatic carbocycles. The van der Waals surface area contributed by atoms with E-state index in [0.29, 0.717) is 11.1 Å². The van der Waals surface area contributed by atoms with Gasteiger partial charge >= 0.3 is 5.63 Å². The number of hydrogen-bond acceptors (Lipinski definition) is 3. The molecule has 0 radical (unpaired) electrons. The van der Waals surface area contributed by atoms with Crippen molar-refractivity contribution in [1.82, 2.24) is 0 Å². The molecule has 3 heteroatoms. The Hall–Kier alpha value is -1.77. The minimum atomic E-state index is -0.247. The summed E-state index contributed by atoms with van der Waals surface area (Å²) in [7, 11) is 0. The predicted molar refractivity (Wildman–Crippen MR) is 65.8 cm³/mol. The third-order valence-electron chi connectivity index (χ3n) is 3.50. The predicted octanol–water partition coefficient (Wildman–Crippen LogP) is 2.73. The summed E-state index contributed by atoms with van der Waals surface area (Å²) in [4.78, 5) is 11.7. The highest BCUT2D eigenvalue weighted by Gasteiger charge is 2.23. The first-order valence-corrected chi connectivity index (χ1v) is 5.80. The Morgan fingerprint density at radius 1 is 1.24 bits per heavy atom.